The molecule has 0 saturated carbocycles. The maximum Gasteiger partial charge on any atom is 0.319 e. The summed E-state index contributed by atoms with van der Waals surface area (Å²) in [7, 11) is 1.63. The summed E-state index contributed by atoms with van der Waals surface area (Å²) in [4.78, 5) is 12.3. The first kappa shape index (κ1) is 18.5. The van der Waals surface area contributed by atoms with E-state index in [2.05, 4.69) is 36.4 Å². The van der Waals surface area contributed by atoms with Gasteiger partial charge in [-0.3, -0.25) is 0 Å². The summed E-state index contributed by atoms with van der Waals surface area (Å²) in [6, 6.07) is 6.56. The number of ether oxygens (including phenoxy) is 1. The number of aryl methyl sites for hydroxylation is 1. The van der Waals surface area contributed by atoms with Crippen LogP contribution < -0.4 is 10.6 Å². The van der Waals surface area contributed by atoms with Crippen molar-refractivity contribution in [1.82, 2.24) is 40.3 Å². The fraction of sp³-hybridized carbons (Fsp3) is 0.375. The molecule has 0 radical (unpaired) electrons. The van der Waals surface area contributed by atoms with Crippen molar-refractivity contribution < 1.29 is 9.53 Å². The predicted molar refractivity (Wildman–Crippen MR) is 96.4 cm³/mol. The van der Waals surface area contributed by atoms with Crippen LogP contribution in [-0.2, 0) is 11.3 Å². The Morgan fingerprint density at radius 2 is 2.04 bits per heavy atom. The second kappa shape index (κ2) is 8.36. The van der Waals surface area contributed by atoms with Gasteiger partial charge in [-0.15, -0.1) is 15.3 Å². The van der Waals surface area contributed by atoms with Gasteiger partial charge in [0, 0.05) is 19.3 Å². The highest BCUT2D eigenvalue weighted by Gasteiger charge is 2.15. The number of rotatable bonds is 7. The molecule has 2 N–H and O–H groups in total. The van der Waals surface area contributed by atoms with Crippen molar-refractivity contribution in [2.75, 3.05) is 19.0 Å². The number of anilines is 1. The van der Waals surface area contributed by atoms with Gasteiger partial charge in [0.2, 0.25) is 0 Å². The van der Waals surface area contributed by atoms with E-state index in [1.165, 1.54) is 0 Å². The Balaban J connectivity index is 1.59. The third-order valence-electron chi connectivity index (χ3n) is 3.91. The number of aromatic nitrogens is 7. The Morgan fingerprint density at radius 3 is 2.70 bits per heavy atom. The van der Waals surface area contributed by atoms with Crippen LogP contribution in [0.5, 0.6) is 0 Å². The van der Waals surface area contributed by atoms with Gasteiger partial charge in [-0.2, -0.15) is 4.68 Å². The second-order valence-electron chi connectivity index (χ2n) is 5.88. The SMILES string of the molecule is COCCn1cnnc1C(C)NC(=O)Nc1ccc(-n2nnnc2C)cc1. The molecule has 27 heavy (non-hydrogen) atoms. The summed E-state index contributed by atoms with van der Waals surface area (Å²) in [6.07, 6.45) is 1.62. The molecule has 0 aliphatic carbocycles. The number of amides is 2. The van der Waals surface area contributed by atoms with Crippen LogP contribution in [0.3, 0.4) is 0 Å². The molecule has 0 saturated heterocycles. The zero-order chi connectivity index (χ0) is 19.2. The quantitative estimate of drug-likeness (QED) is 0.637. The van der Waals surface area contributed by atoms with E-state index in [-0.39, 0.29) is 12.1 Å². The van der Waals surface area contributed by atoms with Gasteiger partial charge in [-0.05, 0) is 48.5 Å². The number of methoxy groups -OCH3 is 1. The molecule has 1 unspecified atom stereocenters. The van der Waals surface area contributed by atoms with Crippen molar-refractivity contribution in [2.45, 2.75) is 26.4 Å². The van der Waals surface area contributed by atoms with E-state index in [1.807, 2.05) is 30.5 Å². The summed E-state index contributed by atoms with van der Waals surface area (Å²) in [6.45, 7) is 4.81. The van der Waals surface area contributed by atoms with Crippen molar-refractivity contribution in [3.63, 3.8) is 0 Å². The van der Waals surface area contributed by atoms with Gasteiger partial charge in [-0.1, -0.05) is 0 Å². The predicted octanol–water partition coefficient (Wildman–Crippen LogP) is 1.09. The highest BCUT2D eigenvalue weighted by atomic mass is 16.5. The molecule has 0 aliphatic heterocycles. The van der Waals surface area contributed by atoms with E-state index < -0.39 is 0 Å². The average Bonchev–Trinajstić information content (AvgIpc) is 3.29. The van der Waals surface area contributed by atoms with E-state index in [9.17, 15) is 4.79 Å². The standard InChI is InChI=1S/C16H21N9O2/c1-11(15-21-17-10-24(15)8-9-27-3)18-16(26)19-13-4-6-14(7-5-13)25-12(2)20-22-23-25/h4-7,10-11H,8-9H2,1-3H3,(H2,18,19,26). The summed E-state index contributed by atoms with van der Waals surface area (Å²) >= 11 is 0. The normalized spacial score (nSPS) is 12.0. The van der Waals surface area contributed by atoms with Gasteiger partial charge in [0.15, 0.2) is 11.6 Å². The Bertz CT molecular complexity index is 887. The van der Waals surface area contributed by atoms with Crippen LogP contribution in [0.25, 0.3) is 5.69 Å². The van der Waals surface area contributed by atoms with Crippen molar-refractivity contribution in [3.8, 4) is 5.69 Å². The molecule has 2 heterocycles. The Morgan fingerprint density at radius 1 is 1.26 bits per heavy atom. The number of urea groups is 1. The number of hydrogen-bond acceptors (Lipinski definition) is 7. The largest absolute Gasteiger partial charge is 0.383 e. The molecule has 3 aromatic rings. The van der Waals surface area contributed by atoms with Crippen LogP contribution in [0.15, 0.2) is 30.6 Å². The van der Waals surface area contributed by atoms with E-state index in [1.54, 1.807) is 30.3 Å². The number of benzene rings is 1. The lowest BCUT2D eigenvalue weighted by molar-refractivity contribution is 0.185. The van der Waals surface area contributed by atoms with Crippen molar-refractivity contribution in [1.29, 1.82) is 0 Å². The lowest BCUT2D eigenvalue weighted by atomic mass is 10.2. The van der Waals surface area contributed by atoms with Crippen LogP contribution in [0.4, 0.5) is 10.5 Å². The number of carbonyl (C=O) groups excluding carboxylic acids is 1. The number of nitrogens with zero attached hydrogens (tertiary/aromatic N) is 7. The summed E-state index contributed by atoms with van der Waals surface area (Å²) < 4.78 is 8.52. The minimum Gasteiger partial charge on any atom is -0.383 e. The van der Waals surface area contributed by atoms with Crippen molar-refractivity contribution in [2.24, 2.45) is 0 Å². The first-order chi connectivity index (χ1) is 13.1. The topological polar surface area (TPSA) is 125 Å². The molecule has 3 rings (SSSR count). The van der Waals surface area contributed by atoms with Gasteiger partial charge >= 0.3 is 6.03 Å². The second-order valence-corrected chi connectivity index (χ2v) is 5.88. The van der Waals surface area contributed by atoms with Gasteiger partial charge in [0.1, 0.15) is 6.33 Å². The first-order valence-electron chi connectivity index (χ1n) is 8.38. The molecule has 0 fully saturated rings. The van der Waals surface area contributed by atoms with Crippen LogP contribution in [0.2, 0.25) is 0 Å². The molecule has 11 heteroatoms. The Kier molecular flexibility index (Phi) is 5.71. The zero-order valence-corrected chi connectivity index (χ0v) is 15.3. The Labute approximate surface area is 155 Å². The van der Waals surface area contributed by atoms with Crippen molar-refractivity contribution in [3.05, 3.63) is 42.2 Å². The van der Waals surface area contributed by atoms with E-state index in [0.29, 0.717) is 30.5 Å². The molecule has 0 bridgehead atoms. The molecule has 142 valence electrons. The molecule has 2 amide bonds. The molecule has 2 aromatic heterocycles. The molecule has 11 nitrogen and oxygen atoms in total. The highest BCUT2D eigenvalue weighted by molar-refractivity contribution is 5.89. The maximum absolute atomic E-state index is 12.3. The highest BCUT2D eigenvalue weighted by Crippen LogP contribution is 2.14. The summed E-state index contributed by atoms with van der Waals surface area (Å²) in [5.74, 6) is 1.34. The first-order valence-corrected chi connectivity index (χ1v) is 8.38. The lowest BCUT2D eigenvalue weighted by Gasteiger charge is -2.15. The minimum absolute atomic E-state index is 0.312. The third-order valence-corrected chi connectivity index (χ3v) is 3.91. The lowest BCUT2D eigenvalue weighted by Crippen LogP contribution is -2.32. The van der Waals surface area contributed by atoms with Gasteiger partial charge < -0.3 is 19.9 Å². The zero-order valence-electron chi connectivity index (χ0n) is 15.3. The molecule has 0 spiro atoms. The molecular formula is C16H21N9O2. The van der Waals surface area contributed by atoms with Crippen LogP contribution in [0, 0.1) is 6.92 Å². The maximum atomic E-state index is 12.3. The number of hydrogen-bond donors (Lipinski definition) is 2. The number of nitrogens with one attached hydrogen (secondary N) is 2. The average molecular weight is 371 g/mol. The van der Waals surface area contributed by atoms with Gasteiger partial charge in [0.25, 0.3) is 0 Å². The monoisotopic (exact) mass is 371 g/mol. The molecule has 0 aliphatic rings. The number of tetrazole rings is 1. The molecule has 1 atom stereocenters. The fourth-order valence-corrected chi connectivity index (χ4v) is 2.55. The van der Waals surface area contributed by atoms with E-state index in [0.717, 1.165) is 5.69 Å². The minimum atomic E-state index is -0.338. The summed E-state index contributed by atoms with van der Waals surface area (Å²) in [5.41, 5.74) is 1.46. The van der Waals surface area contributed by atoms with Gasteiger partial charge in [0.05, 0.1) is 18.3 Å². The fourth-order valence-electron chi connectivity index (χ4n) is 2.55. The Hall–Kier alpha value is -3.34. The van der Waals surface area contributed by atoms with Crippen LogP contribution >= 0.6 is 0 Å². The van der Waals surface area contributed by atoms with Crippen LogP contribution in [0.1, 0.15) is 24.6 Å². The van der Waals surface area contributed by atoms with E-state index >= 15 is 0 Å². The number of carbonyl (C=O) groups is 1. The van der Waals surface area contributed by atoms with Crippen LogP contribution in [-0.4, -0.2) is 54.7 Å². The molecular weight excluding hydrogens is 350 g/mol. The van der Waals surface area contributed by atoms with Crippen molar-refractivity contribution >= 4 is 11.7 Å². The van der Waals surface area contributed by atoms with E-state index in [4.69, 9.17) is 4.74 Å². The molecule has 1 aromatic carbocycles. The third kappa shape index (κ3) is 4.44. The summed E-state index contributed by atoms with van der Waals surface area (Å²) in [5, 5.41) is 25.0. The van der Waals surface area contributed by atoms with Gasteiger partial charge in [-0.25, -0.2) is 4.79 Å². The smallest absolute Gasteiger partial charge is 0.319 e.